The molecule has 0 aromatic heterocycles. The van der Waals surface area contributed by atoms with Gasteiger partial charge in [-0.3, -0.25) is 9.59 Å². The van der Waals surface area contributed by atoms with E-state index in [1.54, 1.807) is 12.1 Å². The van der Waals surface area contributed by atoms with Crippen molar-refractivity contribution in [2.24, 2.45) is 0 Å². The number of hydrogen-bond donors (Lipinski definition) is 2. The Morgan fingerprint density at radius 2 is 1.84 bits per heavy atom. The lowest BCUT2D eigenvalue weighted by Crippen LogP contribution is -2.36. The Labute approximate surface area is 112 Å². The monoisotopic (exact) mass is 266 g/mol. The summed E-state index contributed by atoms with van der Waals surface area (Å²) in [5, 5.41) is 5.34. The van der Waals surface area contributed by atoms with Gasteiger partial charge in [-0.25, -0.2) is 4.39 Å². The van der Waals surface area contributed by atoms with E-state index in [2.05, 4.69) is 10.6 Å². The van der Waals surface area contributed by atoms with Gasteiger partial charge in [0.05, 0.1) is 0 Å². The zero-order chi connectivity index (χ0) is 14.3. The predicted molar refractivity (Wildman–Crippen MR) is 70.8 cm³/mol. The number of halogens is 1. The molecule has 1 atom stereocenters. The van der Waals surface area contributed by atoms with Gasteiger partial charge >= 0.3 is 0 Å². The van der Waals surface area contributed by atoms with Crippen LogP contribution in [0.25, 0.3) is 0 Å². The van der Waals surface area contributed by atoms with Crippen LogP contribution >= 0.6 is 0 Å². The molecule has 104 valence electrons. The van der Waals surface area contributed by atoms with E-state index >= 15 is 0 Å². The van der Waals surface area contributed by atoms with Crippen molar-refractivity contribution in [1.29, 1.82) is 0 Å². The van der Waals surface area contributed by atoms with Gasteiger partial charge < -0.3 is 10.6 Å². The highest BCUT2D eigenvalue weighted by Gasteiger charge is 2.10. The van der Waals surface area contributed by atoms with Gasteiger partial charge in [0.1, 0.15) is 12.2 Å². The van der Waals surface area contributed by atoms with Crippen molar-refractivity contribution in [3.8, 4) is 0 Å². The Morgan fingerprint density at radius 1 is 1.21 bits per heavy atom. The molecule has 1 unspecified atom stereocenters. The van der Waals surface area contributed by atoms with E-state index in [0.717, 1.165) is 12.0 Å². The first kappa shape index (κ1) is 15.1. The number of nitrogens with one attached hydrogen (secondary N) is 2. The first-order chi connectivity index (χ1) is 9.01. The molecule has 0 aliphatic heterocycles. The summed E-state index contributed by atoms with van der Waals surface area (Å²) in [7, 11) is 0. The molecular formula is C14H19FN2O2. The van der Waals surface area contributed by atoms with E-state index in [4.69, 9.17) is 0 Å². The van der Waals surface area contributed by atoms with Crippen LogP contribution in [0, 0.1) is 5.82 Å². The second kappa shape index (κ2) is 7.51. The molecule has 0 radical (unpaired) electrons. The van der Waals surface area contributed by atoms with Gasteiger partial charge in [0.25, 0.3) is 0 Å². The maximum absolute atomic E-state index is 12.7. The van der Waals surface area contributed by atoms with Gasteiger partial charge in [0.15, 0.2) is 0 Å². The Balaban J connectivity index is 2.31. The highest BCUT2D eigenvalue weighted by molar-refractivity contribution is 5.96. The molecule has 5 heteroatoms. The molecule has 0 spiro atoms. The van der Waals surface area contributed by atoms with Crippen LogP contribution in [0.4, 0.5) is 4.39 Å². The summed E-state index contributed by atoms with van der Waals surface area (Å²) in [5.74, 6) is -0.945. The summed E-state index contributed by atoms with van der Waals surface area (Å²) in [5.41, 5.74) is 0.789. The number of benzene rings is 1. The largest absolute Gasteiger partial charge is 0.353 e. The summed E-state index contributed by atoms with van der Waals surface area (Å²) in [6, 6.07) is 5.91. The topological polar surface area (TPSA) is 58.2 Å². The zero-order valence-electron chi connectivity index (χ0n) is 11.2. The highest BCUT2D eigenvalue weighted by Crippen LogP contribution is 2.02. The smallest absolute Gasteiger partial charge is 0.229 e. The van der Waals surface area contributed by atoms with E-state index in [0.29, 0.717) is 0 Å². The first-order valence-electron chi connectivity index (χ1n) is 6.31. The van der Waals surface area contributed by atoms with Crippen LogP contribution in [0.15, 0.2) is 24.3 Å². The van der Waals surface area contributed by atoms with Gasteiger partial charge in [-0.1, -0.05) is 19.1 Å². The van der Waals surface area contributed by atoms with Gasteiger partial charge in [-0.05, 0) is 31.0 Å². The lowest BCUT2D eigenvalue weighted by Gasteiger charge is -2.11. The van der Waals surface area contributed by atoms with Crippen molar-refractivity contribution < 1.29 is 14.0 Å². The zero-order valence-corrected chi connectivity index (χ0v) is 11.2. The fourth-order valence-electron chi connectivity index (χ4n) is 1.44. The van der Waals surface area contributed by atoms with Crippen LogP contribution in [0.5, 0.6) is 0 Å². The minimum Gasteiger partial charge on any atom is -0.353 e. The van der Waals surface area contributed by atoms with Gasteiger partial charge in [-0.2, -0.15) is 0 Å². The van der Waals surface area contributed by atoms with Crippen LogP contribution in [-0.2, 0) is 16.1 Å². The van der Waals surface area contributed by atoms with Crippen LogP contribution in [0.1, 0.15) is 32.3 Å². The van der Waals surface area contributed by atoms with E-state index in [1.807, 2.05) is 13.8 Å². The average Bonchev–Trinajstić information content (AvgIpc) is 2.37. The number of hydrogen-bond acceptors (Lipinski definition) is 2. The molecule has 1 rings (SSSR count). The molecule has 0 heterocycles. The standard InChI is InChI=1S/C14H19FN2O2/c1-3-10(2)17-14(19)8-13(18)16-9-11-4-6-12(15)7-5-11/h4-7,10H,3,8-9H2,1-2H3,(H,16,18)(H,17,19). The summed E-state index contributed by atoms with van der Waals surface area (Å²) >= 11 is 0. The highest BCUT2D eigenvalue weighted by atomic mass is 19.1. The Morgan fingerprint density at radius 3 is 2.42 bits per heavy atom. The van der Waals surface area contributed by atoms with Crippen molar-refractivity contribution in [3.05, 3.63) is 35.6 Å². The summed E-state index contributed by atoms with van der Waals surface area (Å²) < 4.78 is 12.7. The van der Waals surface area contributed by atoms with Gasteiger partial charge in [0, 0.05) is 12.6 Å². The minimum atomic E-state index is -0.342. The molecule has 0 saturated heterocycles. The predicted octanol–water partition coefficient (Wildman–Crippen LogP) is 1.75. The lowest BCUT2D eigenvalue weighted by molar-refractivity contribution is -0.129. The molecule has 4 nitrogen and oxygen atoms in total. The van der Waals surface area contributed by atoms with Crippen molar-refractivity contribution in [3.63, 3.8) is 0 Å². The Kier molecular flexibility index (Phi) is 5.99. The molecule has 2 amide bonds. The second-order valence-corrected chi connectivity index (χ2v) is 4.46. The second-order valence-electron chi connectivity index (χ2n) is 4.46. The normalized spacial score (nSPS) is 11.7. The number of rotatable bonds is 6. The van der Waals surface area contributed by atoms with Crippen LogP contribution in [0.3, 0.4) is 0 Å². The fraction of sp³-hybridized carbons (Fsp3) is 0.429. The summed E-state index contributed by atoms with van der Waals surface area (Å²) in [4.78, 5) is 23.0. The van der Waals surface area contributed by atoms with Crippen molar-refractivity contribution >= 4 is 11.8 Å². The number of carbonyl (C=O) groups is 2. The maximum atomic E-state index is 12.7. The Hall–Kier alpha value is -1.91. The first-order valence-corrected chi connectivity index (χ1v) is 6.31. The molecular weight excluding hydrogens is 247 g/mol. The molecule has 0 fully saturated rings. The Bertz CT molecular complexity index is 432. The molecule has 2 N–H and O–H groups in total. The molecule has 1 aromatic carbocycles. The van der Waals surface area contributed by atoms with Crippen molar-refractivity contribution in [2.45, 2.75) is 39.3 Å². The van der Waals surface area contributed by atoms with E-state index < -0.39 is 0 Å². The quantitative estimate of drug-likeness (QED) is 0.771. The third kappa shape index (κ3) is 5.99. The van der Waals surface area contributed by atoms with E-state index in [1.165, 1.54) is 12.1 Å². The molecule has 0 bridgehead atoms. The number of amides is 2. The summed E-state index contributed by atoms with van der Waals surface area (Å²) in [6.45, 7) is 4.13. The average molecular weight is 266 g/mol. The van der Waals surface area contributed by atoms with Gasteiger partial charge in [-0.15, -0.1) is 0 Å². The van der Waals surface area contributed by atoms with Crippen LogP contribution in [0.2, 0.25) is 0 Å². The maximum Gasteiger partial charge on any atom is 0.229 e. The van der Waals surface area contributed by atoms with E-state index in [-0.39, 0.29) is 36.6 Å². The number of carbonyl (C=O) groups excluding carboxylic acids is 2. The third-order valence-electron chi connectivity index (χ3n) is 2.74. The molecule has 1 aromatic rings. The summed E-state index contributed by atoms with van der Waals surface area (Å²) in [6.07, 6.45) is 0.633. The lowest BCUT2D eigenvalue weighted by atomic mass is 10.2. The minimum absolute atomic E-state index is 0.0670. The third-order valence-corrected chi connectivity index (χ3v) is 2.74. The van der Waals surface area contributed by atoms with Crippen molar-refractivity contribution in [2.75, 3.05) is 0 Å². The van der Waals surface area contributed by atoms with Crippen LogP contribution in [-0.4, -0.2) is 17.9 Å². The molecule has 19 heavy (non-hydrogen) atoms. The molecule has 0 aliphatic rings. The molecule has 0 saturated carbocycles. The van der Waals surface area contributed by atoms with E-state index in [9.17, 15) is 14.0 Å². The van der Waals surface area contributed by atoms with Crippen molar-refractivity contribution in [1.82, 2.24) is 10.6 Å². The van der Waals surface area contributed by atoms with Gasteiger partial charge in [0.2, 0.25) is 11.8 Å². The molecule has 0 aliphatic carbocycles. The fourth-order valence-corrected chi connectivity index (χ4v) is 1.44. The SMILES string of the molecule is CCC(C)NC(=O)CC(=O)NCc1ccc(F)cc1. The van der Waals surface area contributed by atoms with Crippen LogP contribution < -0.4 is 10.6 Å².